The Morgan fingerprint density at radius 1 is 1.30 bits per heavy atom. The third kappa shape index (κ3) is 2.41. The molecule has 1 saturated heterocycles. The van der Waals surface area contributed by atoms with Crippen molar-refractivity contribution in [2.45, 2.75) is 37.4 Å². The fourth-order valence-electron chi connectivity index (χ4n) is 3.04. The number of carbonyl (C=O) groups excluding carboxylic acids is 1. The minimum atomic E-state index is -4.51. The summed E-state index contributed by atoms with van der Waals surface area (Å²) in [5.41, 5.74) is -2.43. The molecule has 1 aliphatic carbocycles. The zero-order valence-electron chi connectivity index (χ0n) is 11.9. The summed E-state index contributed by atoms with van der Waals surface area (Å²) >= 11 is 0. The Bertz CT molecular complexity index is 372. The first-order valence-electron chi connectivity index (χ1n) is 6.97. The van der Waals surface area contributed by atoms with Crippen molar-refractivity contribution in [1.29, 1.82) is 0 Å². The molecule has 1 aliphatic heterocycles. The van der Waals surface area contributed by atoms with E-state index in [4.69, 9.17) is 0 Å². The van der Waals surface area contributed by atoms with Gasteiger partial charge in [0, 0.05) is 18.6 Å². The molecular weight excluding hydrogens is 271 g/mol. The van der Waals surface area contributed by atoms with Gasteiger partial charge in [-0.05, 0) is 46.3 Å². The van der Waals surface area contributed by atoms with E-state index in [1.54, 1.807) is 0 Å². The van der Waals surface area contributed by atoms with Crippen molar-refractivity contribution in [3.8, 4) is 0 Å². The Kier molecular flexibility index (Phi) is 4.03. The van der Waals surface area contributed by atoms with Crippen molar-refractivity contribution in [3.63, 3.8) is 0 Å². The van der Waals surface area contributed by atoms with E-state index in [2.05, 4.69) is 10.6 Å². The first-order valence-corrected chi connectivity index (χ1v) is 6.97. The number of rotatable bonds is 4. The summed E-state index contributed by atoms with van der Waals surface area (Å²) in [4.78, 5) is 14.1. The van der Waals surface area contributed by atoms with Crippen LogP contribution in [-0.2, 0) is 4.79 Å². The lowest BCUT2D eigenvalue weighted by molar-refractivity contribution is -0.216. The SMILES string of the molecule is CN(C)C1(CNC(=O)C2(C(F)(F)F)CCNC2)CCC1. The Balaban J connectivity index is 2.03. The Hall–Kier alpha value is -0.820. The second-order valence-corrected chi connectivity index (χ2v) is 6.16. The first kappa shape index (κ1) is 15.6. The van der Waals surface area contributed by atoms with Crippen LogP contribution in [0.4, 0.5) is 13.2 Å². The third-order valence-electron chi connectivity index (χ3n) is 4.94. The Labute approximate surface area is 117 Å². The first-order chi connectivity index (χ1) is 9.24. The number of hydrogen-bond acceptors (Lipinski definition) is 3. The monoisotopic (exact) mass is 293 g/mol. The van der Waals surface area contributed by atoms with Crippen molar-refractivity contribution < 1.29 is 18.0 Å². The fourth-order valence-corrected chi connectivity index (χ4v) is 3.04. The molecule has 2 aliphatic rings. The molecule has 0 bridgehead atoms. The van der Waals surface area contributed by atoms with E-state index in [1.165, 1.54) is 0 Å². The van der Waals surface area contributed by atoms with Crippen LogP contribution in [0.3, 0.4) is 0 Å². The highest BCUT2D eigenvalue weighted by Crippen LogP contribution is 2.43. The molecule has 0 aromatic heterocycles. The van der Waals surface area contributed by atoms with Crippen molar-refractivity contribution in [2.24, 2.45) is 5.41 Å². The highest BCUT2D eigenvalue weighted by molar-refractivity contribution is 5.84. The van der Waals surface area contributed by atoms with Crippen LogP contribution in [0.25, 0.3) is 0 Å². The second-order valence-electron chi connectivity index (χ2n) is 6.16. The third-order valence-corrected chi connectivity index (χ3v) is 4.94. The molecule has 1 saturated carbocycles. The van der Waals surface area contributed by atoms with Gasteiger partial charge in [-0.25, -0.2) is 0 Å². The van der Waals surface area contributed by atoms with Gasteiger partial charge in [-0.3, -0.25) is 4.79 Å². The van der Waals surface area contributed by atoms with E-state index in [9.17, 15) is 18.0 Å². The maximum absolute atomic E-state index is 13.2. The van der Waals surface area contributed by atoms with E-state index in [0.29, 0.717) is 0 Å². The van der Waals surface area contributed by atoms with Crippen molar-refractivity contribution in [2.75, 3.05) is 33.7 Å². The molecule has 116 valence electrons. The van der Waals surface area contributed by atoms with Gasteiger partial charge in [0.25, 0.3) is 0 Å². The molecular formula is C13H22F3N3O. The summed E-state index contributed by atoms with van der Waals surface area (Å²) in [6.45, 7) is 0.194. The highest BCUT2D eigenvalue weighted by atomic mass is 19.4. The molecule has 20 heavy (non-hydrogen) atoms. The van der Waals surface area contributed by atoms with E-state index in [0.717, 1.165) is 19.3 Å². The molecule has 0 aromatic rings. The average Bonchev–Trinajstić information content (AvgIpc) is 2.75. The van der Waals surface area contributed by atoms with Crippen LogP contribution < -0.4 is 10.6 Å². The van der Waals surface area contributed by atoms with Gasteiger partial charge in [0.2, 0.25) is 5.91 Å². The molecule has 0 aromatic carbocycles. The summed E-state index contributed by atoms with van der Waals surface area (Å²) in [7, 11) is 3.81. The molecule has 4 nitrogen and oxygen atoms in total. The summed E-state index contributed by atoms with van der Waals surface area (Å²) in [6, 6.07) is 0. The lowest BCUT2D eigenvalue weighted by Crippen LogP contribution is -2.60. The van der Waals surface area contributed by atoms with Gasteiger partial charge < -0.3 is 15.5 Å². The average molecular weight is 293 g/mol. The zero-order chi connectivity index (χ0) is 15.0. The number of amides is 1. The number of hydrogen-bond donors (Lipinski definition) is 2. The molecule has 7 heteroatoms. The fraction of sp³-hybridized carbons (Fsp3) is 0.923. The van der Waals surface area contributed by atoms with Gasteiger partial charge in [-0.1, -0.05) is 0 Å². The molecule has 2 rings (SSSR count). The Morgan fingerprint density at radius 3 is 2.30 bits per heavy atom. The van der Waals surface area contributed by atoms with Crippen LogP contribution in [0, 0.1) is 5.41 Å². The smallest absolute Gasteiger partial charge is 0.353 e. The van der Waals surface area contributed by atoms with Gasteiger partial charge in [0.15, 0.2) is 5.41 Å². The molecule has 1 amide bonds. The highest BCUT2D eigenvalue weighted by Gasteiger charge is 2.61. The van der Waals surface area contributed by atoms with E-state index >= 15 is 0 Å². The van der Waals surface area contributed by atoms with Crippen LogP contribution in [0.15, 0.2) is 0 Å². The van der Waals surface area contributed by atoms with Gasteiger partial charge in [0.05, 0.1) is 0 Å². The number of alkyl halides is 3. The quantitative estimate of drug-likeness (QED) is 0.817. The number of nitrogens with zero attached hydrogens (tertiary/aromatic N) is 1. The summed E-state index contributed by atoms with van der Waals surface area (Å²) < 4.78 is 39.7. The van der Waals surface area contributed by atoms with E-state index in [-0.39, 0.29) is 31.6 Å². The molecule has 1 atom stereocenters. The van der Waals surface area contributed by atoms with Crippen LogP contribution >= 0.6 is 0 Å². The zero-order valence-corrected chi connectivity index (χ0v) is 11.9. The van der Waals surface area contributed by atoms with Gasteiger partial charge in [-0.2, -0.15) is 13.2 Å². The second kappa shape index (κ2) is 5.18. The normalized spacial score (nSPS) is 29.3. The molecule has 2 fully saturated rings. The number of nitrogens with one attached hydrogen (secondary N) is 2. The molecule has 2 N–H and O–H groups in total. The predicted octanol–water partition coefficient (Wildman–Crippen LogP) is 1.13. The topological polar surface area (TPSA) is 44.4 Å². The van der Waals surface area contributed by atoms with E-state index < -0.39 is 17.5 Å². The van der Waals surface area contributed by atoms with Gasteiger partial charge in [-0.15, -0.1) is 0 Å². The predicted molar refractivity (Wildman–Crippen MR) is 69.3 cm³/mol. The standard InChI is InChI=1S/C13H22F3N3O/c1-19(2)11(4-3-5-11)8-18-10(20)12(13(14,15)16)6-7-17-9-12/h17H,3-9H2,1-2H3,(H,18,20). The molecule has 1 unspecified atom stereocenters. The lowest BCUT2D eigenvalue weighted by Gasteiger charge is -2.47. The van der Waals surface area contributed by atoms with Gasteiger partial charge >= 0.3 is 6.18 Å². The summed E-state index contributed by atoms with van der Waals surface area (Å²) in [5.74, 6) is -0.886. The van der Waals surface area contributed by atoms with Crippen LogP contribution in [0.1, 0.15) is 25.7 Å². The summed E-state index contributed by atoms with van der Waals surface area (Å²) in [6.07, 6.45) is -1.81. The van der Waals surface area contributed by atoms with Gasteiger partial charge in [0.1, 0.15) is 0 Å². The Morgan fingerprint density at radius 2 is 1.95 bits per heavy atom. The van der Waals surface area contributed by atoms with Crippen molar-refractivity contribution in [3.05, 3.63) is 0 Å². The lowest BCUT2D eigenvalue weighted by atomic mass is 9.75. The van der Waals surface area contributed by atoms with E-state index in [1.807, 2.05) is 19.0 Å². The number of halogens is 3. The van der Waals surface area contributed by atoms with Crippen LogP contribution in [0.2, 0.25) is 0 Å². The number of carbonyl (C=O) groups is 1. The van der Waals surface area contributed by atoms with Crippen LogP contribution in [0.5, 0.6) is 0 Å². The van der Waals surface area contributed by atoms with Crippen molar-refractivity contribution >= 4 is 5.91 Å². The largest absolute Gasteiger partial charge is 0.404 e. The molecule has 0 radical (unpaired) electrons. The van der Waals surface area contributed by atoms with Crippen molar-refractivity contribution in [1.82, 2.24) is 15.5 Å². The minimum Gasteiger partial charge on any atom is -0.353 e. The minimum absolute atomic E-state index is 0.172. The maximum atomic E-state index is 13.2. The molecule has 0 spiro atoms. The molecule has 1 heterocycles. The maximum Gasteiger partial charge on any atom is 0.404 e. The van der Waals surface area contributed by atoms with Crippen LogP contribution in [-0.4, -0.2) is 56.3 Å². The summed E-state index contributed by atoms with van der Waals surface area (Å²) in [5, 5.41) is 5.21. The number of likely N-dealkylation sites (N-methyl/N-ethyl adjacent to an activating group) is 1.